The largest absolute Gasteiger partial charge is 0.398 e. The number of nitrogens with two attached hydrogens (primary N) is 1. The van der Waals surface area contributed by atoms with Gasteiger partial charge in [0.05, 0.1) is 17.2 Å². The van der Waals surface area contributed by atoms with Crippen molar-refractivity contribution >= 4 is 17.5 Å². The van der Waals surface area contributed by atoms with E-state index in [9.17, 15) is 9.59 Å². The molecule has 0 aliphatic carbocycles. The van der Waals surface area contributed by atoms with Gasteiger partial charge in [0.1, 0.15) is 0 Å². The number of fused-ring (bicyclic) bond motifs is 1. The number of rotatable bonds is 3. The second-order valence-electron chi connectivity index (χ2n) is 7.70. The van der Waals surface area contributed by atoms with Crippen LogP contribution in [0.4, 0.5) is 5.69 Å². The summed E-state index contributed by atoms with van der Waals surface area (Å²) in [6.07, 6.45) is 4.57. The molecule has 0 bridgehead atoms. The summed E-state index contributed by atoms with van der Waals surface area (Å²) in [4.78, 5) is 31.8. The number of anilines is 1. The number of hydrogen-bond acceptors (Lipinski definition) is 6. The van der Waals surface area contributed by atoms with E-state index >= 15 is 0 Å². The highest BCUT2D eigenvalue weighted by Gasteiger charge is 2.50. The first kappa shape index (κ1) is 16.2. The van der Waals surface area contributed by atoms with Crippen molar-refractivity contribution in [1.82, 2.24) is 14.7 Å². The Bertz CT molecular complexity index is 761. The number of hydrogen-bond donors (Lipinski definition) is 1. The molecule has 2 unspecified atom stereocenters. The SMILES string of the molecule is Nc1cccc2c1C(=O)N([C@@H]1CCCN(C3OC3N3CCCC3)C1)C2=O. The van der Waals surface area contributed by atoms with Crippen molar-refractivity contribution in [2.24, 2.45) is 0 Å². The quantitative estimate of drug-likeness (QED) is 0.496. The molecule has 4 aliphatic heterocycles. The van der Waals surface area contributed by atoms with Crippen molar-refractivity contribution in [3.8, 4) is 0 Å². The van der Waals surface area contributed by atoms with Gasteiger partial charge in [-0.15, -0.1) is 0 Å². The Morgan fingerprint density at radius 3 is 2.46 bits per heavy atom. The van der Waals surface area contributed by atoms with Crippen LogP contribution in [0.5, 0.6) is 0 Å². The van der Waals surface area contributed by atoms with Gasteiger partial charge in [-0.25, -0.2) is 0 Å². The van der Waals surface area contributed by atoms with Crippen LogP contribution in [0.3, 0.4) is 0 Å². The Hall–Kier alpha value is -1.96. The Kier molecular flexibility index (Phi) is 3.77. The van der Waals surface area contributed by atoms with Crippen LogP contribution < -0.4 is 5.73 Å². The number of piperidine rings is 1. The molecule has 0 saturated carbocycles. The van der Waals surface area contributed by atoms with Crippen LogP contribution in [-0.4, -0.2) is 71.2 Å². The highest BCUT2D eigenvalue weighted by molar-refractivity contribution is 6.23. The summed E-state index contributed by atoms with van der Waals surface area (Å²) >= 11 is 0. The first-order valence-corrected chi connectivity index (χ1v) is 9.55. The number of likely N-dealkylation sites (tertiary alicyclic amines) is 2. The van der Waals surface area contributed by atoms with Gasteiger partial charge in [-0.1, -0.05) is 6.07 Å². The Morgan fingerprint density at radius 1 is 0.962 bits per heavy atom. The fraction of sp³-hybridized carbons (Fsp3) is 0.579. The molecule has 3 atom stereocenters. The van der Waals surface area contributed by atoms with Crippen molar-refractivity contribution in [3.63, 3.8) is 0 Å². The first-order chi connectivity index (χ1) is 12.6. The number of benzene rings is 1. The lowest BCUT2D eigenvalue weighted by Gasteiger charge is -2.36. The van der Waals surface area contributed by atoms with Crippen LogP contribution in [0.15, 0.2) is 18.2 Å². The van der Waals surface area contributed by atoms with Crippen molar-refractivity contribution in [3.05, 3.63) is 29.3 Å². The van der Waals surface area contributed by atoms with Crippen LogP contribution in [-0.2, 0) is 4.74 Å². The molecule has 138 valence electrons. The molecule has 2 amide bonds. The molecule has 1 aromatic rings. The van der Waals surface area contributed by atoms with Crippen molar-refractivity contribution in [2.75, 3.05) is 31.9 Å². The number of epoxide rings is 1. The van der Waals surface area contributed by atoms with Gasteiger partial charge in [0, 0.05) is 31.9 Å². The van der Waals surface area contributed by atoms with Crippen LogP contribution in [0.2, 0.25) is 0 Å². The predicted molar refractivity (Wildman–Crippen MR) is 95.4 cm³/mol. The maximum atomic E-state index is 12.9. The lowest BCUT2D eigenvalue weighted by Crippen LogP contribution is -2.51. The molecule has 4 aliphatic rings. The first-order valence-electron chi connectivity index (χ1n) is 9.55. The summed E-state index contributed by atoms with van der Waals surface area (Å²) in [5.74, 6) is -0.459. The minimum absolute atomic E-state index is 0.108. The zero-order chi connectivity index (χ0) is 17.8. The van der Waals surface area contributed by atoms with Crippen molar-refractivity contribution < 1.29 is 14.3 Å². The lowest BCUT2D eigenvalue weighted by atomic mass is 10.0. The van der Waals surface area contributed by atoms with Gasteiger partial charge in [-0.05, 0) is 37.8 Å². The standard InChI is InChI=1S/C19H24N4O3/c20-14-7-3-6-13-15(14)17(25)23(16(13)24)12-5-4-10-22(11-12)19-18(26-19)21-8-1-2-9-21/h3,6-7,12,18-19H,1-2,4-5,8-11,20H2/t12-,18?,19?/m1/s1. The van der Waals surface area contributed by atoms with Gasteiger partial charge in [0.2, 0.25) is 0 Å². The molecule has 5 rings (SSSR count). The molecule has 7 nitrogen and oxygen atoms in total. The summed E-state index contributed by atoms with van der Waals surface area (Å²) in [5.41, 5.74) is 7.14. The molecule has 3 saturated heterocycles. The minimum atomic E-state index is -0.247. The summed E-state index contributed by atoms with van der Waals surface area (Å²) in [5, 5.41) is 0. The molecule has 0 aromatic heterocycles. The third-order valence-corrected chi connectivity index (χ3v) is 6.08. The molecule has 26 heavy (non-hydrogen) atoms. The topological polar surface area (TPSA) is 82.4 Å². The molecule has 2 N–H and O–H groups in total. The molecule has 0 radical (unpaired) electrons. The Morgan fingerprint density at radius 2 is 1.69 bits per heavy atom. The maximum Gasteiger partial charge on any atom is 0.263 e. The lowest BCUT2D eigenvalue weighted by molar-refractivity contribution is 0.0423. The maximum absolute atomic E-state index is 12.9. The average Bonchev–Trinajstić information content (AvgIpc) is 3.16. The van der Waals surface area contributed by atoms with E-state index in [-0.39, 0.29) is 30.3 Å². The fourth-order valence-electron chi connectivity index (χ4n) is 4.71. The van der Waals surface area contributed by atoms with E-state index in [2.05, 4.69) is 9.80 Å². The highest BCUT2D eigenvalue weighted by Crippen LogP contribution is 2.36. The second-order valence-corrected chi connectivity index (χ2v) is 7.70. The van der Waals surface area contributed by atoms with Gasteiger partial charge in [0.25, 0.3) is 11.8 Å². The normalized spacial score (nSPS) is 32.3. The highest BCUT2D eigenvalue weighted by atomic mass is 16.6. The van der Waals surface area contributed by atoms with Crippen LogP contribution >= 0.6 is 0 Å². The molecule has 1 aromatic carbocycles. The summed E-state index contributed by atoms with van der Waals surface area (Å²) in [7, 11) is 0. The molecule has 7 heteroatoms. The van der Waals surface area contributed by atoms with Gasteiger partial charge >= 0.3 is 0 Å². The summed E-state index contributed by atoms with van der Waals surface area (Å²) < 4.78 is 5.93. The van der Waals surface area contributed by atoms with E-state index in [1.807, 2.05) is 0 Å². The fourth-order valence-corrected chi connectivity index (χ4v) is 4.71. The summed E-state index contributed by atoms with van der Waals surface area (Å²) in [6, 6.07) is 4.99. The smallest absolute Gasteiger partial charge is 0.263 e. The van der Waals surface area contributed by atoms with Gasteiger partial charge in [-0.3, -0.25) is 24.3 Å². The molecule has 4 heterocycles. The summed E-state index contributed by atoms with van der Waals surface area (Å²) in [6.45, 7) is 3.85. The van der Waals surface area contributed by atoms with Crippen LogP contribution in [0.25, 0.3) is 0 Å². The zero-order valence-electron chi connectivity index (χ0n) is 14.8. The van der Waals surface area contributed by atoms with Crippen LogP contribution in [0.1, 0.15) is 46.4 Å². The number of amides is 2. The van der Waals surface area contributed by atoms with E-state index in [4.69, 9.17) is 10.5 Å². The predicted octanol–water partition coefficient (Wildman–Crippen LogP) is 1.11. The van der Waals surface area contributed by atoms with E-state index in [1.165, 1.54) is 17.7 Å². The molecule has 0 spiro atoms. The van der Waals surface area contributed by atoms with E-state index in [0.717, 1.165) is 32.5 Å². The molecular formula is C19H24N4O3. The van der Waals surface area contributed by atoms with E-state index < -0.39 is 0 Å². The molecular weight excluding hydrogens is 332 g/mol. The minimum Gasteiger partial charge on any atom is -0.398 e. The zero-order valence-corrected chi connectivity index (χ0v) is 14.8. The number of carbonyl (C=O) groups excluding carboxylic acids is 2. The number of ether oxygens (including phenoxy) is 1. The second kappa shape index (κ2) is 6.04. The number of nitrogens with zero attached hydrogens (tertiary/aromatic N) is 3. The van der Waals surface area contributed by atoms with Crippen molar-refractivity contribution in [2.45, 2.75) is 44.2 Å². The Labute approximate surface area is 152 Å². The van der Waals surface area contributed by atoms with Crippen molar-refractivity contribution in [1.29, 1.82) is 0 Å². The number of imide groups is 1. The number of carbonyl (C=O) groups is 2. The van der Waals surface area contributed by atoms with Gasteiger partial charge < -0.3 is 10.5 Å². The van der Waals surface area contributed by atoms with E-state index in [1.54, 1.807) is 18.2 Å². The van der Waals surface area contributed by atoms with E-state index in [0.29, 0.717) is 23.4 Å². The third kappa shape index (κ3) is 2.46. The molecule has 3 fully saturated rings. The average molecular weight is 356 g/mol. The van der Waals surface area contributed by atoms with Gasteiger partial charge in [-0.2, -0.15) is 0 Å². The third-order valence-electron chi connectivity index (χ3n) is 6.08. The van der Waals surface area contributed by atoms with Gasteiger partial charge in [0.15, 0.2) is 12.5 Å². The van der Waals surface area contributed by atoms with Crippen LogP contribution in [0, 0.1) is 0 Å². The Balaban J connectivity index is 1.31. The number of nitrogen functional groups attached to an aromatic ring is 1. The monoisotopic (exact) mass is 356 g/mol.